The summed E-state index contributed by atoms with van der Waals surface area (Å²) < 4.78 is 6.54. The molecule has 5 nitrogen and oxygen atoms in total. The first-order chi connectivity index (χ1) is 12.9. The topological polar surface area (TPSA) is 58.6 Å². The third kappa shape index (κ3) is 6.40. The van der Waals surface area contributed by atoms with Crippen molar-refractivity contribution in [2.24, 2.45) is 0 Å². The SMILES string of the molecule is Cc1cccc(C)c1NC(=O)CN(C)C(=O)CCCOc1ccccc1Br. The molecular formula is C21H25BrN2O3. The lowest BCUT2D eigenvalue weighted by Crippen LogP contribution is -2.35. The van der Waals surface area contributed by atoms with Gasteiger partial charge in [0.1, 0.15) is 5.75 Å². The highest BCUT2D eigenvalue weighted by Gasteiger charge is 2.14. The minimum absolute atomic E-state index is 0.0255. The number of ether oxygens (including phenoxy) is 1. The normalized spacial score (nSPS) is 10.4. The monoisotopic (exact) mass is 432 g/mol. The van der Waals surface area contributed by atoms with Gasteiger partial charge in [0, 0.05) is 19.2 Å². The van der Waals surface area contributed by atoms with E-state index in [4.69, 9.17) is 4.74 Å². The number of nitrogens with one attached hydrogen (secondary N) is 1. The molecule has 1 N–H and O–H groups in total. The van der Waals surface area contributed by atoms with Crippen LogP contribution in [0.4, 0.5) is 5.69 Å². The Morgan fingerprint density at radius 2 is 1.74 bits per heavy atom. The van der Waals surface area contributed by atoms with Crippen LogP contribution in [0.25, 0.3) is 0 Å². The van der Waals surface area contributed by atoms with Gasteiger partial charge in [-0.05, 0) is 59.5 Å². The van der Waals surface area contributed by atoms with E-state index < -0.39 is 0 Å². The van der Waals surface area contributed by atoms with E-state index in [1.807, 2.05) is 56.3 Å². The number of nitrogens with zero attached hydrogens (tertiary/aromatic N) is 1. The first-order valence-corrected chi connectivity index (χ1v) is 9.65. The molecule has 0 saturated heterocycles. The van der Waals surface area contributed by atoms with Crippen LogP contribution in [0, 0.1) is 13.8 Å². The molecular weight excluding hydrogens is 408 g/mol. The summed E-state index contributed by atoms with van der Waals surface area (Å²) in [7, 11) is 1.64. The van der Waals surface area contributed by atoms with Gasteiger partial charge in [-0.3, -0.25) is 9.59 Å². The fourth-order valence-electron chi connectivity index (χ4n) is 2.65. The summed E-state index contributed by atoms with van der Waals surface area (Å²) in [6.07, 6.45) is 0.917. The van der Waals surface area contributed by atoms with Crippen molar-refractivity contribution < 1.29 is 14.3 Å². The van der Waals surface area contributed by atoms with Gasteiger partial charge in [-0.2, -0.15) is 0 Å². The molecule has 144 valence electrons. The second-order valence-corrected chi connectivity index (χ2v) is 7.30. The zero-order chi connectivity index (χ0) is 19.8. The molecule has 2 aromatic carbocycles. The average molecular weight is 433 g/mol. The maximum absolute atomic E-state index is 12.2. The van der Waals surface area contributed by atoms with Gasteiger partial charge in [-0.25, -0.2) is 0 Å². The van der Waals surface area contributed by atoms with Crippen molar-refractivity contribution in [1.29, 1.82) is 0 Å². The van der Waals surface area contributed by atoms with Gasteiger partial charge in [-0.1, -0.05) is 30.3 Å². The zero-order valence-corrected chi connectivity index (χ0v) is 17.5. The van der Waals surface area contributed by atoms with E-state index in [2.05, 4.69) is 21.2 Å². The smallest absolute Gasteiger partial charge is 0.243 e. The number of benzene rings is 2. The molecule has 0 unspecified atom stereocenters. The number of anilines is 1. The van der Waals surface area contributed by atoms with Crippen LogP contribution in [0.2, 0.25) is 0 Å². The molecule has 0 spiro atoms. The predicted octanol–water partition coefficient (Wildman–Crippen LogP) is 4.32. The first kappa shape index (κ1) is 21.0. The fraction of sp³-hybridized carbons (Fsp3) is 0.333. The molecule has 0 aliphatic heterocycles. The number of aryl methyl sites for hydroxylation is 2. The van der Waals surface area contributed by atoms with Gasteiger partial charge >= 0.3 is 0 Å². The van der Waals surface area contributed by atoms with Crippen LogP contribution in [0.1, 0.15) is 24.0 Å². The van der Waals surface area contributed by atoms with Crippen LogP contribution in [0.15, 0.2) is 46.9 Å². The summed E-state index contributed by atoms with van der Waals surface area (Å²) in [6.45, 7) is 4.36. The Kier molecular flexibility index (Phi) is 7.85. The molecule has 6 heteroatoms. The highest BCUT2D eigenvalue weighted by atomic mass is 79.9. The highest BCUT2D eigenvalue weighted by molar-refractivity contribution is 9.10. The van der Waals surface area contributed by atoms with Crippen molar-refractivity contribution in [3.63, 3.8) is 0 Å². The molecule has 0 saturated carbocycles. The molecule has 0 aliphatic rings. The number of amides is 2. The zero-order valence-electron chi connectivity index (χ0n) is 15.9. The number of para-hydroxylation sites is 2. The fourth-order valence-corrected chi connectivity index (χ4v) is 3.05. The summed E-state index contributed by atoms with van der Waals surface area (Å²) in [6, 6.07) is 13.4. The molecule has 0 aliphatic carbocycles. The standard InChI is InChI=1S/C21H25BrN2O3/c1-15-8-6-9-16(2)21(15)23-19(25)14-24(3)20(26)12-7-13-27-18-11-5-4-10-17(18)22/h4-6,8-11H,7,12-14H2,1-3H3,(H,23,25). The quantitative estimate of drug-likeness (QED) is 0.631. The summed E-state index contributed by atoms with van der Waals surface area (Å²) in [4.78, 5) is 25.9. The van der Waals surface area contributed by atoms with Gasteiger partial charge < -0.3 is 15.0 Å². The largest absolute Gasteiger partial charge is 0.492 e. The lowest BCUT2D eigenvalue weighted by molar-refractivity contribution is -0.133. The van der Waals surface area contributed by atoms with Crippen molar-refractivity contribution in [2.75, 3.05) is 25.5 Å². The van der Waals surface area contributed by atoms with Crippen molar-refractivity contribution in [3.8, 4) is 5.75 Å². The maximum Gasteiger partial charge on any atom is 0.243 e. The Hall–Kier alpha value is -2.34. The Bertz CT molecular complexity index is 788. The molecule has 0 heterocycles. The summed E-state index contributed by atoms with van der Waals surface area (Å²) in [5, 5.41) is 2.90. The van der Waals surface area contributed by atoms with E-state index in [1.54, 1.807) is 7.05 Å². The molecule has 2 rings (SSSR count). The molecule has 0 bridgehead atoms. The molecule has 0 aromatic heterocycles. The van der Waals surface area contributed by atoms with Gasteiger partial charge in [0.25, 0.3) is 0 Å². The second-order valence-electron chi connectivity index (χ2n) is 6.45. The third-order valence-electron chi connectivity index (χ3n) is 4.18. The van der Waals surface area contributed by atoms with Crippen LogP contribution in [-0.4, -0.2) is 36.9 Å². The van der Waals surface area contributed by atoms with E-state index in [1.165, 1.54) is 4.90 Å². The van der Waals surface area contributed by atoms with Crippen LogP contribution in [-0.2, 0) is 9.59 Å². The molecule has 0 radical (unpaired) electrons. The summed E-state index contributed by atoms with van der Waals surface area (Å²) in [5.41, 5.74) is 2.81. The number of carbonyl (C=O) groups is 2. The number of hydrogen-bond acceptors (Lipinski definition) is 3. The van der Waals surface area contributed by atoms with E-state index in [0.717, 1.165) is 27.0 Å². The Balaban J connectivity index is 1.75. The van der Waals surface area contributed by atoms with Crippen LogP contribution < -0.4 is 10.1 Å². The Morgan fingerprint density at radius 1 is 1.07 bits per heavy atom. The minimum Gasteiger partial charge on any atom is -0.492 e. The number of halogens is 1. The van der Waals surface area contributed by atoms with Crippen LogP contribution in [0.3, 0.4) is 0 Å². The van der Waals surface area contributed by atoms with E-state index in [-0.39, 0.29) is 18.4 Å². The molecule has 27 heavy (non-hydrogen) atoms. The molecule has 2 aromatic rings. The Labute approximate surface area is 168 Å². The van der Waals surface area contributed by atoms with Gasteiger partial charge in [-0.15, -0.1) is 0 Å². The maximum atomic E-state index is 12.2. The third-order valence-corrected chi connectivity index (χ3v) is 4.84. The van der Waals surface area contributed by atoms with Crippen molar-refractivity contribution in [2.45, 2.75) is 26.7 Å². The van der Waals surface area contributed by atoms with Crippen LogP contribution >= 0.6 is 15.9 Å². The van der Waals surface area contributed by atoms with E-state index >= 15 is 0 Å². The van der Waals surface area contributed by atoms with E-state index in [9.17, 15) is 9.59 Å². The number of likely N-dealkylation sites (N-methyl/N-ethyl adjacent to an activating group) is 1. The number of rotatable bonds is 8. The first-order valence-electron chi connectivity index (χ1n) is 8.86. The minimum atomic E-state index is -0.201. The number of carbonyl (C=O) groups excluding carboxylic acids is 2. The molecule has 2 amide bonds. The molecule has 0 fully saturated rings. The Morgan fingerprint density at radius 3 is 2.41 bits per heavy atom. The predicted molar refractivity (Wildman–Crippen MR) is 111 cm³/mol. The highest BCUT2D eigenvalue weighted by Crippen LogP contribution is 2.24. The summed E-state index contributed by atoms with van der Waals surface area (Å²) in [5.74, 6) is 0.474. The van der Waals surface area contributed by atoms with Crippen molar-refractivity contribution >= 4 is 33.4 Å². The lowest BCUT2D eigenvalue weighted by atomic mass is 10.1. The molecule has 0 atom stereocenters. The van der Waals surface area contributed by atoms with Gasteiger partial charge in [0.15, 0.2) is 0 Å². The van der Waals surface area contributed by atoms with E-state index in [0.29, 0.717) is 19.4 Å². The lowest BCUT2D eigenvalue weighted by Gasteiger charge is -2.18. The van der Waals surface area contributed by atoms with Crippen molar-refractivity contribution in [3.05, 3.63) is 58.1 Å². The average Bonchev–Trinajstić information content (AvgIpc) is 2.63. The van der Waals surface area contributed by atoms with Gasteiger partial charge in [0.05, 0.1) is 17.6 Å². The second kappa shape index (κ2) is 10.1. The summed E-state index contributed by atoms with van der Waals surface area (Å²) >= 11 is 3.42. The number of hydrogen-bond donors (Lipinski definition) is 1. The van der Waals surface area contributed by atoms with Crippen LogP contribution in [0.5, 0.6) is 5.75 Å². The van der Waals surface area contributed by atoms with Crippen molar-refractivity contribution in [1.82, 2.24) is 4.90 Å². The van der Waals surface area contributed by atoms with Gasteiger partial charge in [0.2, 0.25) is 11.8 Å².